The number of nitrogens with zero attached hydrogens (tertiary/aromatic N) is 6. The van der Waals surface area contributed by atoms with Crippen LogP contribution in [0.1, 0.15) is 23.7 Å². The third-order valence-electron chi connectivity index (χ3n) is 3.85. The Kier molecular flexibility index (Phi) is 3.89. The van der Waals surface area contributed by atoms with Gasteiger partial charge in [0.05, 0.1) is 17.6 Å². The first-order valence-electron chi connectivity index (χ1n) is 7.91. The summed E-state index contributed by atoms with van der Waals surface area (Å²) in [4.78, 5) is 18.2. The molecule has 0 spiro atoms. The Morgan fingerprint density at radius 1 is 1.20 bits per heavy atom. The number of aromatic nitrogens is 6. The summed E-state index contributed by atoms with van der Waals surface area (Å²) in [5.74, 6) is 1.31. The van der Waals surface area contributed by atoms with Crippen LogP contribution in [0.5, 0.6) is 0 Å². The third kappa shape index (κ3) is 2.96. The minimum atomic E-state index is 0.0357. The van der Waals surface area contributed by atoms with Crippen LogP contribution < -0.4 is 5.32 Å². The van der Waals surface area contributed by atoms with Gasteiger partial charge in [0.15, 0.2) is 11.5 Å². The Hall–Kier alpha value is -2.87. The molecule has 0 radical (unpaired) electrons. The first kappa shape index (κ1) is 15.6. The largest absolute Gasteiger partial charge is 0.360 e. The molecule has 25 heavy (non-hydrogen) atoms. The van der Waals surface area contributed by atoms with Crippen LogP contribution >= 0.6 is 11.3 Å². The van der Waals surface area contributed by atoms with Crippen molar-refractivity contribution in [1.29, 1.82) is 0 Å². The fourth-order valence-electron chi connectivity index (χ4n) is 2.58. The van der Waals surface area contributed by atoms with E-state index in [0.29, 0.717) is 5.82 Å². The van der Waals surface area contributed by atoms with Gasteiger partial charge in [0, 0.05) is 24.3 Å². The number of pyridine rings is 1. The highest BCUT2D eigenvalue weighted by atomic mass is 32.1. The van der Waals surface area contributed by atoms with Crippen molar-refractivity contribution in [3.63, 3.8) is 0 Å². The standard InChI is InChI=1S/C17H17N7S/c1-10-9-25-17(20-10)11(2)21-14-12-8-19-24(3)16(12)23-15(22-14)13-6-4-5-7-18-13/h4-9,11H,1-3H3,(H,21,22,23)/t11-/m1/s1. The second-order valence-electron chi connectivity index (χ2n) is 5.81. The van der Waals surface area contributed by atoms with Gasteiger partial charge in [0.1, 0.15) is 16.5 Å². The van der Waals surface area contributed by atoms with Crippen LogP contribution in [-0.2, 0) is 7.05 Å². The van der Waals surface area contributed by atoms with Crippen molar-refractivity contribution >= 4 is 28.2 Å². The SMILES string of the molecule is Cc1csc([C@@H](C)Nc2nc(-c3ccccn3)nc3c2cnn3C)n1. The molecule has 8 heteroatoms. The number of rotatable bonds is 4. The quantitative estimate of drug-likeness (QED) is 0.607. The number of nitrogens with one attached hydrogen (secondary N) is 1. The lowest BCUT2D eigenvalue weighted by atomic mass is 10.3. The van der Waals surface area contributed by atoms with E-state index < -0.39 is 0 Å². The number of aryl methyl sites for hydroxylation is 2. The molecular weight excluding hydrogens is 334 g/mol. The molecule has 0 bridgehead atoms. The molecule has 4 rings (SSSR count). The van der Waals surface area contributed by atoms with Crippen molar-refractivity contribution in [3.8, 4) is 11.5 Å². The van der Waals surface area contributed by atoms with Gasteiger partial charge in [-0.2, -0.15) is 5.10 Å². The maximum absolute atomic E-state index is 4.70. The van der Waals surface area contributed by atoms with Gasteiger partial charge in [-0.05, 0) is 26.0 Å². The molecule has 126 valence electrons. The van der Waals surface area contributed by atoms with E-state index in [9.17, 15) is 0 Å². The van der Waals surface area contributed by atoms with Crippen molar-refractivity contribution in [2.45, 2.75) is 19.9 Å². The van der Waals surface area contributed by atoms with Gasteiger partial charge in [-0.25, -0.2) is 15.0 Å². The summed E-state index contributed by atoms with van der Waals surface area (Å²) in [5.41, 5.74) is 2.52. The minimum Gasteiger partial charge on any atom is -0.360 e. The molecule has 1 atom stereocenters. The first-order chi connectivity index (χ1) is 12.1. The molecule has 4 heterocycles. The maximum Gasteiger partial charge on any atom is 0.182 e. The van der Waals surface area contributed by atoms with Crippen LogP contribution in [0.2, 0.25) is 0 Å². The molecule has 4 aromatic heterocycles. The van der Waals surface area contributed by atoms with E-state index in [2.05, 4.69) is 32.3 Å². The van der Waals surface area contributed by atoms with Gasteiger partial charge >= 0.3 is 0 Å². The highest BCUT2D eigenvalue weighted by Crippen LogP contribution is 2.28. The average molecular weight is 351 g/mol. The topological polar surface area (TPSA) is 81.4 Å². The minimum absolute atomic E-state index is 0.0357. The molecule has 0 saturated heterocycles. The monoisotopic (exact) mass is 351 g/mol. The normalized spacial score (nSPS) is 12.4. The van der Waals surface area contributed by atoms with E-state index in [1.807, 2.05) is 37.6 Å². The zero-order valence-corrected chi connectivity index (χ0v) is 14.9. The van der Waals surface area contributed by atoms with E-state index in [0.717, 1.165) is 33.2 Å². The lowest BCUT2D eigenvalue weighted by Gasteiger charge is -2.13. The number of anilines is 1. The number of hydrogen-bond acceptors (Lipinski definition) is 7. The Morgan fingerprint density at radius 2 is 2.08 bits per heavy atom. The molecule has 4 aromatic rings. The van der Waals surface area contributed by atoms with Crippen molar-refractivity contribution in [2.75, 3.05) is 5.32 Å². The molecule has 0 aromatic carbocycles. The van der Waals surface area contributed by atoms with Crippen LogP contribution in [0.15, 0.2) is 36.0 Å². The van der Waals surface area contributed by atoms with Crippen molar-refractivity contribution in [2.24, 2.45) is 7.05 Å². The molecule has 0 fully saturated rings. The van der Waals surface area contributed by atoms with Gasteiger partial charge in [-0.1, -0.05) is 6.07 Å². The second-order valence-corrected chi connectivity index (χ2v) is 6.70. The molecule has 0 aliphatic carbocycles. The van der Waals surface area contributed by atoms with Crippen molar-refractivity contribution < 1.29 is 0 Å². The Balaban J connectivity index is 1.79. The average Bonchev–Trinajstić information content (AvgIpc) is 3.22. The van der Waals surface area contributed by atoms with Gasteiger partial charge in [0.2, 0.25) is 0 Å². The second kappa shape index (κ2) is 6.21. The van der Waals surface area contributed by atoms with Crippen LogP contribution in [0, 0.1) is 6.92 Å². The summed E-state index contributed by atoms with van der Waals surface area (Å²) in [6.45, 7) is 4.07. The van der Waals surface area contributed by atoms with Gasteiger partial charge < -0.3 is 5.32 Å². The molecule has 0 aliphatic heterocycles. The Morgan fingerprint density at radius 3 is 2.80 bits per heavy atom. The lowest BCUT2D eigenvalue weighted by Crippen LogP contribution is -2.09. The summed E-state index contributed by atoms with van der Waals surface area (Å²) < 4.78 is 1.74. The van der Waals surface area contributed by atoms with E-state index in [4.69, 9.17) is 4.98 Å². The predicted octanol–water partition coefficient (Wildman–Crippen LogP) is 3.36. The zero-order chi connectivity index (χ0) is 17.4. The summed E-state index contributed by atoms with van der Waals surface area (Å²) in [7, 11) is 1.87. The van der Waals surface area contributed by atoms with Crippen LogP contribution in [0.25, 0.3) is 22.6 Å². The zero-order valence-electron chi connectivity index (χ0n) is 14.1. The number of hydrogen-bond donors (Lipinski definition) is 1. The summed E-state index contributed by atoms with van der Waals surface area (Å²) in [6.07, 6.45) is 3.51. The molecule has 0 saturated carbocycles. The lowest BCUT2D eigenvalue weighted by molar-refractivity contribution is 0.785. The summed E-state index contributed by atoms with van der Waals surface area (Å²) >= 11 is 1.64. The third-order valence-corrected chi connectivity index (χ3v) is 4.99. The van der Waals surface area contributed by atoms with Gasteiger partial charge in [0.25, 0.3) is 0 Å². The fraction of sp³-hybridized carbons (Fsp3) is 0.235. The van der Waals surface area contributed by atoms with Gasteiger partial charge in [-0.3, -0.25) is 9.67 Å². The molecule has 0 amide bonds. The highest BCUT2D eigenvalue weighted by Gasteiger charge is 2.17. The molecule has 0 unspecified atom stereocenters. The van der Waals surface area contributed by atoms with Crippen LogP contribution in [0.3, 0.4) is 0 Å². The van der Waals surface area contributed by atoms with Crippen LogP contribution in [0.4, 0.5) is 5.82 Å². The van der Waals surface area contributed by atoms with E-state index >= 15 is 0 Å². The molecule has 0 aliphatic rings. The summed E-state index contributed by atoms with van der Waals surface area (Å²) in [6, 6.07) is 5.73. The Labute approximate surface area is 148 Å². The predicted molar refractivity (Wildman–Crippen MR) is 98.4 cm³/mol. The van der Waals surface area contributed by atoms with Gasteiger partial charge in [-0.15, -0.1) is 11.3 Å². The first-order valence-corrected chi connectivity index (χ1v) is 8.79. The number of thiazole rings is 1. The van der Waals surface area contributed by atoms with Crippen molar-refractivity contribution in [3.05, 3.63) is 46.7 Å². The number of fused-ring (bicyclic) bond motifs is 1. The fourth-order valence-corrected chi connectivity index (χ4v) is 3.38. The van der Waals surface area contributed by atoms with Crippen molar-refractivity contribution in [1.82, 2.24) is 29.7 Å². The molecule has 7 nitrogen and oxygen atoms in total. The highest BCUT2D eigenvalue weighted by molar-refractivity contribution is 7.09. The van der Waals surface area contributed by atoms with E-state index in [-0.39, 0.29) is 6.04 Å². The Bertz CT molecular complexity index is 1020. The van der Waals surface area contributed by atoms with E-state index in [1.54, 1.807) is 28.4 Å². The smallest absolute Gasteiger partial charge is 0.182 e. The molecular formula is C17H17N7S. The summed E-state index contributed by atoms with van der Waals surface area (Å²) in [5, 5.41) is 11.7. The molecule has 1 N–H and O–H groups in total. The van der Waals surface area contributed by atoms with Crippen LogP contribution in [-0.4, -0.2) is 29.7 Å². The van der Waals surface area contributed by atoms with E-state index in [1.165, 1.54) is 0 Å². The maximum atomic E-state index is 4.70.